The van der Waals surface area contributed by atoms with Crippen LogP contribution in [-0.4, -0.2) is 68.7 Å². The number of anilines is 1. The van der Waals surface area contributed by atoms with Crippen LogP contribution in [0, 0.1) is 0 Å². The van der Waals surface area contributed by atoms with Gasteiger partial charge in [0.1, 0.15) is 23.9 Å². The fourth-order valence-corrected chi connectivity index (χ4v) is 3.66. The van der Waals surface area contributed by atoms with E-state index in [0.29, 0.717) is 0 Å². The Balaban J connectivity index is 2.28. The molecule has 0 saturated carbocycles. The number of amides is 1. The van der Waals surface area contributed by atoms with Gasteiger partial charge in [0, 0.05) is 11.1 Å². The summed E-state index contributed by atoms with van der Waals surface area (Å²) in [7, 11) is 1.21. The molecule has 0 bridgehead atoms. The monoisotopic (exact) mass is 413 g/mol. The Labute approximate surface area is 161 Å². The minimum absolute atomic E-state index is 0.111. The van der Waals surface area contributed by atoms with Crippen molar-refractivity contribution in [2.24, 2.45) is 10.1 Å². The van der Waals surface area contributed by atoms with Gasteiger partial charge in [-0.25, -0.2) is 14.6 Å². The molecule has 0 aromatic carbocycles. The smallest absolute Gasteiger partial charge is 0.354 e. The maximum Gasteiger partial charge on any atom is 0.354 e. The van der Waals surface area contributed by atoms with Gasteiger partial charge in [0.15, 0.2) is 16.9 Å². The lowest BCUT2D eigenvalue weighted by Gasteiger charge is -2.25. The van der Waals surface area contributed by atoms with E-state index in [9.17, 15) is 19.5 Å². The van der Waals surface area contributed by atoms with Crippen LogP contribution < -0.4 is 11.1 Å². The standard InChI is InChI=1S/C14H15N5O6S2/c1-5-3-26-11(18-7(5)12(21)22)9(13(23)24)17-10(20)8(19-25-2)6-4-27-14(15)16-6/h4,9,11H,1,3H2,2H3,(H2,15,16)(H,17,20)(H,21,22)(H,23,24). The number of nitrogens with zero attached hydrogens (tertiary/aromatic N) is 3. The molecule has 1 amide bonds. The Morgan fingerprint density at radius 1 is 1.48 bits per heavy atom. The number of carbonyl (C=O) groups is 3. The predicted octanol–water partition coefficient (Wildman–Crippen LogP) is -0.200. The van der Waals surface area contributed by atoms with Crippen LogP contribution in [0.15, 0.2) is 27.7 Å². The number of nitrogens with one attached hydrogen (secondary N) is 1. The minimum Gasteiger partial charge on any atom is -0.480 e. The van der Waals surface area contributed by atoms with Gasteiger partial charge in [-0.2, -0.15) is 0 Å². The summed E-state index contributed by atoms with van der Waals surface area (Å²) in [4.78, 5) is 47.8. The Bertz CT molecular complexity index is 849. The van der Waals surface area contributed by atoms with Gasteiger partial charge in [0.25, 0.3) is 5.91 Å². The van der Waals surface area contributed by atoms with Crippen LogP contribution in [0.25, 0.3) is 0 Å². The first-order valence-electron chi connectivity index (χ1n) is 7.21. The summed E-state index contributed by atoms with van der Waals surface area (Å²) in [5.74, 6) is -3.43. The first kappa shape index (κ1) is 20.4. The molecule has 27 heavy (non-hydrogen) atoms. The lowest BCUT2D eigenvalue weighted by molar-refractivity contribution is -0.141. The molecule has 2 atom stereocenters. The van der Waals surface area contributed by atoms with Gasteiger partial charge in [-0.05, 0) is 5.57 Å². The number of nitrogens with two attached hydrogens (primary N) is 1. The van der Waals surface area contributed by atoms with Crippen molar-refractivity contribution in [1.82, 2.24) is 10.3 Å². The molecular weight excluding hydrogens is 398 g/mol. The Kier molecular flexibility index (Phi) is 6.52. The molecule has 0 aliphatic carbocycles. The van der Waals surface area contributed by atoms with E-state index in [1.807, 2.05) is 0 Å². The second-order valence-electron chi connectivity index (χ2n) is 5.07. The van der Waals surface area contributed by atoms with Crippen molar-refractivity contribution < 1.29 is 29.4 Å². The lowest BCUT2D eigenvalue weighted by Crippen LogP contribution is -2.50. The van der Waals surface area contributed by atoms with Crippen molar-refractivity contribution in [3.8, 4) is 0 Å². The molecule has 2 heterocycles. The number of aromatic nitrogens is 1. The third-order valence-electron chi connectivity index (χ3n) is 3.22. The fourth-order valence-electron chi connectivity index (χ4n) is 2.04. The maximum atomic E-state index is 12.5. The van der Waals surface area contributed by atoms with Gasteiger partial charge in [-0.15, -0.1) is 23.1 Å². The summed E-state index contributed by atoms with van der Waals surface area (Å²) in [6.07, 6.45) is 0. The van der Waals surface area contributed by atoms with E-state index in [0.717, 1.165) is 23.1 Å². The number of hydrogen-bond donors (Lipinski definition) is 4. The van der Waals surface area contributed by atoms with Gasteiger partial charge in [-0.3, -0.25) is 9.79 Å². The van der Waals surface area contributed by atoms with Crippen molar-refractivity contribution in [3.05, 3.63) is 23.2 Å². The number of carbonyl (C=O) groups excluding carboxylic acids is 1. The number of carboxylic acids is 2. The number of oxime groups is 1. The number of rotatable bonds is 7. The summed E-state index contributed by atoms with van der Waals surface area (Å²) in [5, 5.41) is 25.1. The highest BCUT2D eigenvalue weighted by Crippen LogP contribution is 2.26. The summed E-state index contributed by atoms with van der Waals surface area (Å²) in [5.41, 5.74) is 5.32. The molecule has 2 rings (SSSR count). The molecule has 0 fully saturated rings. The number of carboxylic acid groups (broad SMARTS) is 2. The van der Waals surface area contributed by atoms with Gasteiger partial charge in [-0.1, -0.05) is 11.7 Å². The van der Waals surface area contributed by atoms with Crippen molar-refractivity contribution in [1.29, 1.82) is 0 Å². The van der Waals surface area contributed by atoms with Crippen LogP contribution in [0.3, 0.4) is 0 Å². The second-order valence-corrected chi connectivity index (χ2v) is 7.07. The zero-order valence-corrected chi connectivity index (χ0v) is 15.5. The SMILES string of the molecule is C=C1CSC(C(NC(=O)C(=NOC)c2csc(N)n2)C(=O)O)N=C1C(=O)O. The minimum atomic E-state index is -1.51. The van der Waals surface area contributed by atoms with Gasteiger partial charge in [0.2, 0.25) is 0 Å². The van der Waals surface area contributed by atoms with Crippen molar-refractivity contribution >= 4 is 57.5 Å². The van der Waals surface area contributed by atoms with Gasteiger partial charge < -0.3 is 26.1 Å². The van der Waals surface area contributed by atoms with E-state index in [-0.39, 0.29) is 33.6 Å². The first-order chi connectivity index (χ1) is 12.7. The summed E-state index contributed by atoms with van der Waals surface area (Å²) in [6, 6.07) is -1.51. The van der Waals surface area contributed by atoms with Crippen LogP contribution in [0.5, 0.6) is 0 Å². The van der Waals surface area contributed by atoms with Gasteiger partial charge in [0.05, 0.1) is 0 Å². The molecule has 11 nitrogen and oxygen atoms in total. The predicted molar refractivity (Wildman–Crippen MR) is 100 cm³/mol. The zero-order chi connectivity index (χ0) is 20.1. The van der Waals surface area contributed by atoms with E-state index in [4.69, 9.17) is 10.8 Å². The normalized spacial score (nSPS) is 18.4. The van der Waals surface area contributed by atoms with E-state index in [1.54, 1.807) is 0 Å². The van der Waals surface area contributed by atoms with Crippen molar-refractivity contribution in [2.45, 2.75) is 11.4 Å². The zero-order valence-electron chi connectivity index (χ0n) is 13.9. The summed E-state index contributed by atoms with van der Waals surface area (Å²) >= 11 is 2.11. The molecular formula is C14H15N5O6S2. The summed E-state index contributed by atoms with van der Waals surface area (Å²) in [6.45, 7) is 3.59. The number of thiazole rings is 1. The third-order valence-corrected chi connectivity index (χ3v) is 5.13. The molecule has 144 valence electrons. The molecule has 5 N–H and O–H groups in total. The molecule has 1 aliphatic rings. The van der Waals surface area contributed by atoms with Crippen LogP contribution in [0.2, 0.25) is 0 Å². The largest absolute Gasteiger partial charge is 0.480 e. The van der Waals surface area contributed by atoms with Crippen LogP contribution in [-0.2, 0) is 19.2 Å². The maximum absolute atomic E-state index is 12.5. The average molecular weight is 413 g/mol. The lowest BCUT2D eigenvalue weighted by atomic mass is 10.2. The fraction of sp³-hybridized carbons (Fsp3) is 0.286. The van der Waals surface area contributed by atoms with E-state index < -0.39 is 29.3 Å². The van der Waals surface area contributed by atoms with E-state index in [2.05, 4.69) is 31.9 Å². The second kappa shape index (κ2) is 8.64. The van der Waals surface area contributed by atoms with Gasteiger partial charge >= 0.3 is 11.9 Å². The molecule has 1 aliphatic heterocycles. The highest BCUT2D eigenvalue weighted by molar-refractivity contribution is 8.00. The molecule has 1 aromatic rings. The number of nitrogen functional groups attached to an aromatic ring is 1. The Hall–Kier alpha value is -2.93. The topological polar surface area (TPSA) is 177 Å². The molecule has 0 saturated heterocycles. The van der Waals surface area contributed by atoms with Crippen molar-refractivity contribution in [3.63, 3.8) is 0 Å². The number of thioether (sulfide) groups is 1. The highest BCUT2D eigenvalue weighted by atomic mass is 32.2. The van der Waals surface area contributed by atoms with Crippen LogP contribution in [0.1, 0.15) is 5.69 Å². The summed E-state index contributed by atoms with van der Waals surface area (Å²) < 4.78 is 0. The molecule has 0 radical (unpaired) electrons. The third kappa shape index (κ3) is 4.83. The van der Waals surface area contributed by atoms with E-state index >= 15 is 0 Å². The highest BCUT2D eigenvalue weighted by Gasteiger charge is 2.36. The van der Waals surface area contributed by atoms with E-state index in [1.165, 1.54) is 12.5 Å². The van der Waals surface area contributed by atoms with Crippen molar-refractivity contribution in [2.75, 3.05) is 18.6 Å². The average Bonchev–Trinajstić information content (AvgIpc) is 3.03. The Morgan fingerprint density at radius 2 is 2.19 bits per heavy atom. The first-order valence-corrected chi connectivity index (χ1v) is 9.14. The number of aliphatic imine (C=N–C) groups is 1. The number of hydrogen-bond acceptors (Lipinski definition) is 10. The quantitative estimate of drug-likeness (QED) is 0.348. The van der Waals surface area contributed by atoms with Crippen LogP contribution in [0.4, 0.5) is 5.13 Å². The molecule has 2 unspecified atom stereocenters. The molecule has 0 spiro atoms. The molecule has 1 aromatic heterocycles. The van der Waals surface area contributed by atoms with Crippen LogP contribution >= 0.6 is 23.1 Å². The number of aliphatic carboxylic acids is 2. The Morgan fingerprint density at radius 3 is 2.70 bits per heavy atom. The molecule has 13 heteroatoms.